The van der Waals surface area contributed by atoms with Crippen LogP contribution in [0.1, 0.15) is 19.8 Å². The van der Waals surface area contributed by atoms with Crippen molar-refractivity contribution in [3.8, 4) is 0 Å². The van der Waals surface area contributed by atoms with Gasteiger partial charge in [0, 0.05) is 26.2 Å². The molecule has 0 spiro atoms. The highest BCUT2D eigenvalue weighted by Crippen LogP contribution is 2.06. The van der Waals surface area contributed by atoms with Crippen molar-refractivity contribution >= 4 is 0 Å². The molecule has 0 radical (unpaired) electrons. The fourth-order valence-electron chi connectivity index (χ4n) is 2.19. The first-order valence-corrected chi connectivity index (χ1v) is 6.45. The fraction of sp³-hybridized carbons (Fsp3) is 1.00. The summed E-state index contributed by atoms with van der Waals surface area (Å²) >= 11 is 0. The Morgan fingerprint density at radius 1 is 1.38 bits per heavy atom. The molecule has 1 atom stereocenters. The molecule has 1 heterocycles. The zero-order valence-electron chi connectivity index (χ0n) is 10.8. The lowest BCUT2D eigenvalue weighted by Crippen LogP contribution is -2.34. The maximum absolute atomic E-state index is 5.80. The number of nitrogens with zero attached hydrogens (tertiary/aromatic N) is 2. The van der Waals surface area contributed by atoms with Crippen LogP contribution in [0.25, 0.3) is 0 Å². The van der Waals surface area contributed by atoms with Crippen LogP contribution < -0.4 is 5.73 Å². The van der Waals surface area contributed by atoms with Gasteiger partial charge in [-0.15, -0.1) is 0 Å². The van der Waals surface area contributed by atoms with E-state index in [2.05, 4.69) is 23.8 Å². The summed E-state index contributed by atoms with van der Waals surface area (Å²) in [4.78, 5) is 4.71. The second-order valence-corrected chi connectivity index (χ2v) is 4.78. The average Bonchev–Trinajstić information content (AvgIpc) is 2.70. The molecule has 1 unspecified atom stereocenters. The molecule has 1 rings (SSSR count). The van der Waals surface area contributed by atoms with E-state index in [4.69, 9.17) is 10.5 Å². The predicted molar refractivity (Wildman–Crippen MR) is 67.6 cm³/mol. The van der Waals surface area contributed by atoms with Crippen LogP contribution in [0, 0.1) is 0 Å². The van der Waals surface area contributed by atoms with Crippen molar-refractivity contribution in [2.75, 3.05) is 52.9 Å². The average molecular weight is 229 g/mol. The Labute approximate surface area is 99.7 Å². The van der Waals surface area contributed by atoms with Crippen LogP contribution in [-0.2, 0) is 4.74 Å². The Morgan fingerprint density at radius 3 is 2.69 bits per heavy atom. The van der Waals surface area contributed by atoms with Crippen LogP contribution in [0.15, 0.2) is 0 Å². The first-order valence-electron chi connectivity index (χ1n) is 6.45. The van der Waals surface area contributed by atoms with Gasteiger partial charge in [0.15, 0.2) is 0 Å². The highest BCUT2D eigenvalue weighted by Gasteiger charge is 2.12. The minimum Gasteiger partial charge on any atom is -0.376 e. The van der Waals surface area contributed by atoms with Gasteiger partial charge in [0.25, 0.3) is 0 Å². The molecule has 2 N–H and O–H groups in total. The van der Waals surface area contributed by atoms with Crippen LogP contribution in [0.4, 0.5) is 0 Å². The molecule has 0 aromatic carbocycles. The Morgan fingerprint density at radius 2 is 2.06 bits per heavy atom. The first kappa shape index (κ1) is 13.9. The predicted octanol–water partition coefficient (Wildman–Crippen LogP) is 0.378. The van der Waals surface area contributed by atoms with E-state index in [9.17, 15) is 0 Å². The van der Waals surface area contributed by atoms with Gasteiger partial charge in [0.1, 0.15) is 0 Å². The molecule has 1 aliphatic heterocycles. The number of hydrogen-bond acceptors (Lipinski definition) is 4. The molecular formula is C12H27N3O. The molecule has 0 amide bonds. The van der Waals surface area contributed by atoms with Crippen molar-refractivity contribution < 1.29 is 4.74 Å². The number of nitrogens with two attached hydrogens (primary N) is 1. The first-order chi connectivity index (χ1) is 7.72. The highest BCUT2D eigenvalue weighted by atomic mass is 16.5. The van der Waals surface area contributed by atoms with Gasteiger partial charge < -0.3 is 20.3 Å². The van der Waals surface area contributed by atoms with Crippen LogP contribution in [-0.4, -0.2) is 68.8 Å². The Bertz CT molecular complexity index is 172. The molecule has 0 bridgehead atoms. The summed E-state index contributed by atoms with van der Waals surface area (Å²) < 4.78 is 5.80. The molecule has 4 nitrogen and oxygen atoms in total. The van der Waals surface area contributed by atoms with Gasteiger partial charge in [-0.05, 0) is 39.9 Å². The maximum atomic E-state index is 5.80. The number of ether oxygens (including phenoxy) is 1. The number of rotatable bonds is 8. The lowest BCUT2D eigenvalue weighted by molar-refractivity contribution is 0.0335. The molecule has 1 aliphatic rings. The van der Waals surface area contributed by atoms with Gasteiger partial charge in [0.2, 0.25) is 0 Å². The molecule has 1 fully saturated rings. The van der Waals surface area contributed by atoms with Crippen molar-refractivity contribution in [1.82, 2.24) is 9.80 Å². The smallest absolute Gasteiger partial charge is 0.0674 e. The summed E-state index contributed by atoms with van der Waals surface area (Å²) in [5.41, 5.74) is 5.50. The second kappa shape index (κ2) is 8.01. The molecule has 0 saturated carbocycles. The largest absolute Gasteiger partial charge is 0.376 e. The van der Waals surface area contributed by atoms with E-state index in [0.29, 0.717) is 6.10 Å². The van der Waals surface area contributed by atoms with E-state index in [-0.39, 0.29) is 0 Å². The van der Waals surface area contributed by atoms with Crippen molar-refractivity contribution in [3.05, 3.63) is 0 Å². The molecule has 4 heteroatoms. The quantitative estimate of drug-likeness (QED) is 0.653. The van der Waals surface area contributed by atoms with Crippen molar-refractivity contribution in [2.24, 2.45) is 5.73 Å². The minimum absolute atomic E-state index is 0.305. The minimum atomic E-state index is 0.305. The van der Waals surface area contributed by atoms with Gasteiger partial charge in [-0.1, -0.05) is 0 Å². The van der Waals surface area contributed by atoms with Crippen LogP contribution in [0.3, 0.4) is 0 Å². The molecule has 0 aromatic heterocycles. The standard InChI is InChI=1S/C12H27N3O/c1-12(11-14(2)8-5-13)16-10-9-15-6-3-4-7-15/h12H,3-11,13H2,1-2H3. The van der Waals surface area contributed by atoms with Gasteiger partial charge in [-0.2, -0.15) is 0 Å². The molecular weight excluding hydrogens is 202 g/mol. The van der Waals surface area contributed by atoms with E-state index in [0.717, 1.165) is 32.8 Å². The van der Waals surface area contributed by atoms with Crippen LogP contribution in [0.2, 0.25) is 0 Å². The zero-order chi connectivity index (χ0) is 11.8. The van der Waals surface area contributed by atoms with Crippen molar-refractivity contribution in [2.45, 2.75) is 25.9 Å². The SMILES string of the molecule is CC(CN(C)CCN)OCCN1CCCC1. The van der Waals surface area contributed by atoms with E-state index < -0.39 is 0 Å². The van der Waals surface area contributed by atoms with E-state index in [1.54, 1.807) is 0 Å². The Kier molecular flexibility index (Phi) is 6.96. The fourth-order valence-corrected chi connectivity index (χ4v) is 2.19. The molecule has 96 valence electrons. The van der Waals surface area contributed by atoms with Gasteiger partial charge >= 0.3 is 0 Å². The summed E-state index contributed by atoms with van der Waals surface area (Å²) in [6, 6.07) is 0. The second-order valence-electron chi connectivity index (χ2n) is 4.78. The van der Waals surface area contributed by atoms with E-state index >= 15 is 0 Å². The normalized spacial score (nSPS) is 19.5. The lowest BCUT2D eigenvalue weighted by atomic mass is 10.3. The van der Waals surface area contributed by atoms with Crippen LogP contribution >= 0.6 is 0 Å². The molecule has 16 heavy (non-hydrogen) atoms. The lowest BCUT2D eigenvalue weighted by Gasteiger charge is -2.22. The maximum Gasteiger partial charge on any atom is 0.0674 e. The van der Waals surface area contributed by atoms with E-state index in [1.165, 1.54) is 25.9 Å². The summed E-state index contributed by atoms with van der Waals surface area (Å²) in [5.74, 6) is 0. The summed E-state index contributed by atoms with van der Waals surface area (Å²) in [6.07, 6.45) is 3.02. The van der Waals surface area contributed by atoms with Gasteiger partial charge in [0.05, 0.1) is 12.7 Å². The summed E-state index contributed by atoms with van der Waals surface area (Å²) in [6.45, 7) is 9.23. The summed E-state index contributed by atoms with van der Waals surface area (Å²) in [7, 11) is 2.09. The monoisotopic (exact) mass is 229 g/mol. The number of likely N-dealkylation sites (tertiary alicyclic amines) is 1. The Hall–Kier alpha value is -0.160. The van der Waals surface area contributed by atoms with Crippen LogP contribution in [0.5, 0.6) is 0 Å². The molecule has 0 aromatic rings. The molecule has 0 aliphatic carbocycles. The van der Waals surface area contributed by atoms with Crippen molar-refractivity contribution in [1.29, 1.82) is 0 Å². The molecule has 1 saturated heterocycles. The highest BCUT2D eigenvalue weighted by molar-refractivity contribution is 4.66. The van der Waals surface area contributed by atoms with Crippen molar-refractivity contribution in [3.63, 3.8) is 0 Å². The van der Waals surface area contributed by atoms with E-state index in [1.807, 2.05) is 0 Å². The third-order valence-corrected chi connectivity index (χ3v) is 3.09. The number of hydrogen-bond donors (Lipinski definition) is 1. The van der Waals surface area contributed by atoms with Gasteiger partial charge in [-0.3, -0.25) is 0 Å². The third kappa shape index (κ3) is 5.80. The zero-order valence-corrected chi connectivity index (χ0v) is 10.8. The topological polar surface area (TPSA) is 41.7 Å². The Balaban J connectivity index is 1.98. The third-order valence-electron chi connectivity index (χ3n) is 3.09. The van der Waals surface area contributed by atoms with Gasteiger partial charge in [-0.25, -0.2) is 0 Å². The summed E-state index contributed by atoms with van der Waals surface area (Å²) in [5, 5.41) is 0. The number of likely N-dealkylation sites (N-methyl/N-ethyl adjacent to an activating group) is 1.